The summed E-state index contributed by atoms with van der Waals surface area (Å²) in [6, 6.07) is 5.87. The Balaban J connectivity index is 2.14. The molecular weight excluding hydrogens is 266 g/mol. The van der Waals surface area contributed by atoms with Crippen LogP contribution in [0.5, 0.6) is 0 Å². The van der Waals surface area contributed by atoms with Gasteiger partial charge in [-0.15, -0.1) is 0 Å². The van der Waals surface area contributed by atoms with Crippen LogP contribution in [0.1, 0.15) is 28.4 Å². The summed E-state index contributed by atoms with van der Waals surface area (Å²) < 4.78 is 0. The van der Waals surface area contributed by atoms with Crippen molar-refractivity contribution in [1.82, 2.24) is 15.5 Å². The number of nitrogens with zero attached hydrogens (tertiary/aromatic N) is 1. The lowest BCUT2D eigenvalue weighted by atomic mass is 9.94. The highest BCUT2D eigenvalue weighted by Crippen LogP contribution is 2.20. The lowest BCUT2D eigenvalue weighted by Gasteiger charge is -2.24. The van der Waals surface area contributed by atoms with Gasteiger partial charge in [-0.2, -0.15) is 0 Å². The predicted molar refractivity (Wildman–Crippen MR) is 82.0 cm³/mol. The minimum atomic E-state index is -0.217. The lowest BCUT2D eigenvalue weighted by molar-refractivity contribution is -0.124. The molecule has 2 N–H and O–H groups in total. The molecule has 0 aromatic heterocycles. The summed E-state index contributed by atoms with van der Waals surface area (Å²) in [5, 5.41) is 5.93. The molecule has 2 amide bonds. The number of carbonyl (C=O) groups is 2. The topological polar surface area (TPSA) is 61.4 Å². The Hall–Kier alpha value is -1.88. The second-order valence-electron chi connectivity index (χ2n) is 5.57. The van der Waals surface area contributed by atoms with Crippen molar-refractivity contribution in [3.8, 4) is 0 Å². The Labute approximate surface area is 125 Å². The van der Waals surface area contributed by atoms with Crippen LogP contribution in [-0.2, 0) is 17.8 Å². The SMILES string of the molecule is CNC(=O)C(C)CN(C)C(=O)c1cccc2c1CCNC2. The van der Waals surface area contributed by atoms with E-state index in [4.69, 9.17) is 0 Å². The molecule has 0 spiro atoms. The van der Waals surface area contributed by atoms with Crippen molar-refractivity contribution in [3.63, 3.8) is 0 Å². The molecule has 0 bridgehead atoms. The van der Waals surface area contributed by atoms with Crippen LogP contribution in [0, 0.1) is 5.92 Å². The second kappa shape index (κ2) is 6.72. The number of hydrogen-bond donors (Lipinski definition) is 2. The molecule has 0 aliphatic carbocycles. The van der Waals surface area contributed by atoms with Crippen molar-refractivity contribution in [2.45, 2.75) is 19.9 Å². The summed E-state index contributed by atoms with van der Waals surface area (Å²) in [5.74, 6) is -0.274. The van der Waals surface area contributed by atoms with Gasteiger partial charge in [-0.05, 0) is 30.2 Å². The van der Waals surface area contributed by atoms with Crippen molar-refractivity contribution in [2.75, 3.05) is 27.2 Å². The zero-order valence-corrected chi connectivity index (χ0v) is 12.9. The number of carbonyl (C=O) groups excluding carboxylic acids is 2. The molecule has 1 atom stereocenters. The summed E-state index contributed by atoms with van der Waals surface area (Å²) in [7, 11) is 3.36. The Morgan fingerprint density at radius 2 is 2.19 bits per heavy atom. The molecule has 2 rings (SSSR count). The zero-order chi connectivity index (χ0) is 15.4. The fourth-order valence-corrected chi connectivity index (χ4v) is 2.76. The first-order valence-corrected chi connectivity index (χ1v) is 7.33. The summed E-state index contributed by atoms with van der Waals surface area (Å²) in [6.07, 6.45) is 0.871. The minimum absolute atomic E-state index is 0.00972. The van der Waals surface area contributed by atoms with E-state index < -0.39 is 0 Å². The summed E-state index contributed by atoms with van der Waals surface area (Å²) >= 11 is 0. The first-order chi connectivity index (χ1) is 10.0. The number of fused-ring (bicyclic) bond motifs is 1. The van der Waals surface area contributed by atoms with Gasteiger partial charge in [0.2, 0.25) is 5.91 Å². The van der Waals surface area contributed by atoms with Gasteiger partial charge in [0.15, 0.2) is 0 Å². The van der Waals surface area contributed by atoms with Crippen LogP contribution in [-0.4, -0.2) is 43.9 Å². The Morgan fingerprint density at radius 3 is 2.90 bits per heavy atom. The first-order valence-electron chi connectivity index (χ1n) is 7.33. The quantitative estimate of drug-likeness (QED) is 0.861. The van der Waals surface area contributed by atoms with Crippen molar-refractivity contribution in [3.05, 3.63) is 34.9 Å². The van der Waals surface area contributed by atoms with Gasteiger partial charge in [0.1, 0.15) is 0 Å². The highest BCUT2D eigenvalue weighted by atomic mass is 16.2. The third-order valence-corrected chi connectivity index (χ3v) is 3.96. The Morgan fingerprint density at radius 1 is 1.43 bits per heavy atom. The Kier molecular flexibility index (Phi) is 4.96. The highest BCUT2D eigenvalue weighted by molar-refractivity contribution is 5.96. The van der Waals surface area contributed by atoms with Gasteiger partial charge in [0.05, 0.1) is 5.92 Å². The maximum atomic E-state index is 12.6. The van der Waals surface area contributed by atoms with Gasteiger partial charge >= 0.3 is 0 Å². The van der Waals surface area contributed by atoms with E-state index in [9.17, 15) is 9.59 Å². The summed E-state index contributed by atoms with van der Waals surface area (Å²) in [5.41, 5.74) is 3.10. The average Bonchev–Trinajstić information content (AvgIpc) is 2.52. The molecule has 1 unspecified atom stereocenters. The molecule has 1 aliphatic heterocycles. The normalized spacial score (nSPS) is 15.0. The van der Waals surface area contributed by atoms with E-state index in [2.05, 4.69) is 16.7 Å². The maximum absolute atomic E-state index is 12.6. The van der Waals surface area contributed by atoms with E-state index in [0.29, 0.717) is 6.54 Å². The van der Waals surface area contributed by atoms with Crippen LogP contribution in [0.15, 0.2) is 18.2 Å². The van der Waals surface area contributed by atoms with Crippen molar-refractivity contribution in [1.29, 1.82) is 0 Å². The van der Waals surface area contributed by atoms with E-state index in [1.165, 1.54) is 5.56 Å². The largest absolute Gasteiger partial charge is 0.359 e. The van der Waals surface area contributed by atoms with Gasteiger partial charge in [-0.1, -0.05) is 19.1 Å². The molecule has 1 aromatic rings. The van der Waals surface area contributed by atoms with Crippen LogP contribution in [0.2, 0.25) is 0 Å². The molecule has 5 heteroatoms. The number of amides is 2. The second-order valence-corrected chi connectivity index (χ2v) is 5.57. The van der Waals surface area contributed by atoms with Crippen LogP contribution >= 0.6 is 0 Å². The Bertz CT molecular complexity index is 542. The number of benzene rings is 1. The summed E-state index contributed by atoms with van der Waals surface area (Å²) in [6.45, 7) is 3.96. The van der Waals surface area contributed by atoms with Crippen LogP contribution in [0.3, 0.4) is 0 Å². The van der Waals surface area contributed by atoms with Crippen LogP contribution < -0.4 is 10.6 Å². The summed E-state index contributed by atoms with van der Waals surface area (Å²) in [4.78, 5) is 25.9. The van der Waals surface area contributed by atoms with Gasteiger partial charge in [0.25, 0.3) is 5.91 Å². The third kappa shape index (κ3) is 3.42. The molecule has 1 heterocycles. The van der Waals surface area contributed by atoms with Gasteiger partial charge < -0.3 is 15.5 Å². The van der Waals surface area contributed by atoms with Crippen LogP contribution in [0.4, 0.5) is 0 Å². The molecule has 5 nitrogen and oxygen atoms in total. The molecule has 1 aliphatic rings. The first kappa shape index (κ1) is 15.5. The van der Waals surface area contributed by atoms with Crippen LogP contribution in [0.25, 0.3) is 0 Å². The molecule has 0 fully saturated rings. The molecule has 0 radical (unpaired) electrons. The van der Waals surface area contributed by atoms with Gasteiger partial charge in [-0.3, -0.25) is 9.59 Å². The van der Waals surface area contributed by atoms with Gasteiger partial charge in [-0.25, -0.2) is 0 Å². The third-order valence-electron chi connectivity index (χ3n) is 3.96. The van der Waals surface area contributed by atoms with E-state index in [-0.39, 0.29) is 17.7 Å². The van der Waals surface area contributed by atoms with E-state index in [1.807, 2.05) is 19.1 Å². The smallest absolute Gasteiger partial charge is 0.253 e. The molecule has 114 valence electrons. The maximum Gasteiger partial charge on any atom is 0.253 e. The molecule has 1 aromatic carbocycles. The number of rotatable bonds is 4. The van der Waals surface area contributed by atoms with Crippen molar-refractivity contribution in [2.24, 2.45) is 5.92 Å². The molecule has 0 saturated carbocycles. The number of nitrogens with one attached hydrogen (secondary N) is 2. The monoisotopic (exact) mass is 289 g/mol. The standard InChI is InChI=1S/C16H23N3O2/c1-11(15(20)17-2)10-19(3)16(21)14-6-4-5-12-9-18-8-7-13(12)14/h4-6,11,18H,7-10H2,1-3H3,(H,17,20). The van der Waals surface area contributed by atoms with Crippen molar-refractivity contribution < 1.29 is 9.59 Å². The zero-order valence-electron chi connectivity index (χ0n) is 12.9. The predicted octanol–water partition coefficient (Wildman–Crippen LogP) is 0.786. The average molecular weight is 289 g/mol. The molecule has 21 heavy (non-hydrogen) atoms. The van der Waals surface area contributed by atoms with E-state index in [0.717, 1.165) is 30.6 Å². The highest BCUT2D eigenvalue weighted by Gasteiger charge is 2.22. The lowest BCUT2D eigenvalue weighted by Crippen LogP contribution is -2.38. The molecular formula is C16H23N3O2. The van der Waals surface area contributed by atoms with Gasteiger partial charge in [0, 0.05) is 32.7 Å². The fourth-order valence-electron chi connectivity index (χ4n) is 2.76. The van der Waals surface area contributed by atoms with Crippen molar-refractivity contribution >= 4 is 11.8 Å². The minimum Gasteiger partial charge on any atom is -0.359 e. The molecule has 0 saturated heterocycles. The fraction of sp³-hybridized carbons (Fsp3) is 0.500. The van der Waals surface area contributed by atoms with E-state index in [1.54, 1.807) is 19.0 Å². The number of hydrogen-bond acceptors (Lipinski definition) is 3. The van der Waals surface area contributed by atoms with E-state index >= 15 is 0 Å².